The predicted molar refractivity (Wildman–Crippen MR) is 78.9 cm³/mol. The average molecular weight is 321 g/mol. The quantitative estimate of drug-likeness (QED) is 0.566. The molecule has 2 aromatic heterocycles. The molecule has 1 aromatic carbocycles. The van der Waals surface area contributed by atoms with Crippen molar-refractivity contribution in [1.82, 2.24) is 19.7 Å². The van der Waals surface area contributed by atoms with Crippen molar-refractivity contribution in [3.63, 3.8) is 0 Å². The first-order valence-corrected chi connectivity index (χ1v) is 6.48. The number of fused-ring (bicyclic) bond motifs is 1. The molecule has 22 heavy (non-hydrogen) atoms. The number of nitro groups is 1. The number of para-hydroxylation sites is 2. The summed E-state index contributed by atoms with van der Waals surface area (Å²) >= 11 is 5.78. The molecular weight excluding hydrogens is 312 g/mol. The van der Waals surface area contributed by atoms with Crippen LogP contribution in [0.4, 0.5) is 11.8 Å². The van der Waals surface area contributed by atoms with Crippen molar-refractivity contribution in [2.45, 2.75) is 0 Å². The maximum atomic E-state index is 12.1. The largest absolute Gasteiger partial charge is 0.362 e. The van der Waals surface area contributed by atoms with Gasteiger partial charge in [-0.1, -0.05) is 28.8 Å². The molecule has 0 saturated carbocycles. The Balaban J connectivity index is 1.93. The number of imidazole rings is 1. The summed E-state index contributed by atoms with van der Waals surface area (Å²) in [6, 6.07) is 7.33. The lowest BCUT2D eigenvalue weighted by molar-refractivity contribution is -0.389. The van der Waals surface area contributed by atoms with Gasteiger partial charge in [0.1, 0.15) is 0 Å². The van der Waals surface area contributed by atoms with Crippen molar-refractivity contribution in [3.8, 4) is 0 Å². The summed E-state index contributed by atoms with van der Waals surface area (Å²) in [5.41, 5.74) is 1.27. The van der Waals surface area contributed by atoms with E-state index in [0.29, 0.717) is 5.52 Å². The summed E-state index contributed by atoms with van der Waals surface area (Å²) in [6.45, 7) is 0. The Morgan fingerprint density at radius 3 is 2.82 bits per heavy atom. The lowest BCUT2D eigenvalue weighted by atomic mass is 10.3. The van der Waals surface area contributed by atoms with Gasteiger partial charge in [0.15, 0.2) is 10.7 Å². The number of hydrogen-bond donors (Lipinski definition) is 2. The van der Waals surface area contributed by atoms with E-state index in [1.54, 1.807) is 17.7 Å². The number of nitrogens with one attached hydrogen (secondary N) is 2. The molecule has 0 aliphatic rings. The van der Waals surface area contributed by atoms with Gasteiger partial charge in [0.2, 0.25) is 5.95 Å². The number of aryl methyl sites for hydroxylation is 1. The van der Waals surface area contributed by atoms with E-state index in [9.17, 15) is 14.9 Å². The van der Waals surface area contributed by atoms with Crippen molar-refractivity contribution in [1.29, 1.82) is 0 Å². The minimum Gasteiger partial charge on any atom is -0.358 e. The third-order valence-corrected chi connectivity index (χ3v) is 3.46. The Bertz CT molecular complexity index is 900. The normalized spacial score (nSPS) is 10.8. The van der Waals surface area contributed by atoms with Gasteiger partial charge in [-0.2, -0.15) is 0 Å². The van der Waals surface area contributed by atoms with Gasteiger partial charge in [0.05, 0.1) is 11.0 Å². The van der Waals surface area contributed by atoms with Crippen LogP contribution in [-0.2, 0) is 7.05 Å². The zero-order chi connectivity index (χ0) is 15.9. The van der Waals surface area contributed by atoms with E-state index in [1.807, 2.05) is 18.2 Å². The molecule has 9 nitrogen and oxygen atoms in total. The highest BCUT2D eigenvalue weighted by atomic mass is 35.5. The molecule has 3 rings (SSSR count). The zero-order valence-electron chi connectivity index (χ0n) is 11.2. The minimum absolute atomic E-state index is 0.263. The molecule has 0 atom stereocenters. The van der Waals surface area contributed by atoms with Gasteiger partial charge in [-0.05, 0) is 17.1 Å². The lowest BCUT2D eigenvalue weighted by Crippen LogP contribution is -2.16. The number of aromatic nitrogens is 4. The summed E-state index contributed by atoms with van der Waals surface area (Å²) in [7, 11) is 1.74. The van der Waals surface area contributed by atoms with Crippen LogP contribution < -0.4 is 5.32 Å². The molecule has 2 heterocycles. The average Bonchev–Trinajstić information content (AvgIpc) is 3.01. The third kappa shape index (κ3) is 2.17. The van der Waals surface area contributed by atoms with Crippen LogP contribution in [0.3, 0.4) is 0 Å². The molecule has 0 aliphatic heterocycles. The number of hydrogen-bond acceptors (Lipinski definition) is 5. The number of anilines is 1. The molecule has 0 radical (unpaired) electrons. The summed E-state index contributed by atoms with van der Waals surface area (Å²) in [6.07, 6.45) is 0. The van der Waals surface area contributed by atoms with Gasteiger partial charge < -0.3 is 14.7 Å². The van der Waals surface area contributed by atoms with Crippen LogP contribution in [0.2, 0.25) is 5.02 Å². The summed E-state index contributed by atoms with van der Waals surface area (Å²) in [5, 5.41) is 18.6. The molecule has 112 valence electrons. The van der Waals surface area contributed by atoms with Crippen LogP contribution in [0, 0.1) is 10.1 Å². The first-order valence-electron chi connectivity index (χ1n) is 6.10. The highest BCUT2D eigenvalue weighted by Gasteiger charge is 2.26. The number of carbonyl (C=O) groups is 1. The van der Waals surface area contributed by atoms with Gasteiger partial charge >= 0.3 is 5.82 Å². The fourth-order valence-corrected chi connectivity index (χ4v) is 2.25. The minimum atomic E-state index is -0.749. The number of benzene rings is 1. The van der Waals surface area contributed by atoms with Crippen molar-refractivity contribution in [3.05, 3.63) is 45.1 Å². The Morgan fingerprint density at radius 1 is 1.45 bits per heavy atom. The highest BCUT2D eigenvalue weighted by Crippen LogP contribution is 2.25. The molecule has 10 heteroatoms. The highest BCUT2D eigenvalue weighted by molar-refractivity contribution is 6.35. The number of amides is 1. The number of nitrogens with zero attached hydrogens (tertiary/aromatic N) is 4. The topological polar surface area (TPSA) is 119 Å². The molecule has 0 spiro atoms. The second-order valence-electron chi connectivity index (χ2n) is 4.43. The first-order chi connectivity index (χ1) is 10.5. The third-order valence-electron chi connectivity index (χ3n) is 3.10. The van der Waals surface area contributed by atoms with Crippen LogP contribution in [0.5, 0.6) is 0 Å². The Labute approximate surface area is 128 Å². The van der Waals surface area contributed by atoms with E-state index in [-0.39, 0.29) is 16.7 Å². The van der Waals surface area contributed by atoms with Crippen molar-refractivity contribution >= 4 is 40.3 Å². The summed E-state index contributed by atoms with van der Waals surface area (Å²) < 4.78 is 1.68. The van der Waals surface area contributed by atoms with Crippen molar-refractivity contribution in [2.75, 3.05) is 5.32 Å². The standard InChI is InChI=1S/C12H9ClN6O3/c1-18-7-5-3-2-4-6(7)14-12(18)15-11(20)9-8(13)10(17-16-9)19(21)22/h2-5H,1H3,(H,16,17)(H,14,15,20). The lowest BCUT2D eigenvalue weighted by Gasteiger charge is -2.02. The fourth-order valence-electron chi connectivity index (χ4n) is 2.01. The molecule has 0 saturated heterocycles. The number of carbonyl (C=O) groups excluding carboxylic acids is 1. The Morgan fingerprint density at radius 2 is 2.18 bits per heavy atom. The van der Waals surface area contributed by atoms with Crippen molar-refractivity contribution in [2.24, 2.45) is 7.05 Å². The molecule has 0 fully saturated rings. The van der Waals surface area contributed by atoms with Gasteiger partial charge in [0, 0.05) is 7.05 Å². The number of aromatic amines is 1. The van der Waals surface area contributed by atoms with Gasteiger partial charge in [0.25, 0.3) is 5.91 Å². The van der Waals surface area contributed by atoms with E-state index >= 15 is 0 Å². The van der Waals surface area contributed by atoms with E-state index in [4.69, 9.17) is 11.6 Å². The van der Waals surface area contributed by atoms with E-state index in [2.05, 4.69) is 20.5 Å². The van der Waals surface area contributed by atoms with Crippen LogP contribution >= 0.6 is 11.6 Å². The SMILES string of the molecule is Cn1c(NC(=O)c2n[nH]c([N+](=O)[O-])c2Cl)nc2ccccc21. The van der Waals surface area contributed by atoms with Gasteiger partial charge in [-0.25, -0.2) is 4.98 Å². The van der Waals surface area contributed by atoms with Crippen molar-refractivity contribution < 1.29 is 9.72 Å². The van der Waals surface area contributed by atoms with Gasteiger partial charge in [-0.15, -0.1) is 5.10 Å². The molecule has 1 amide bonds. The first kappa shape index (κ1) is 14.0. The molecule has 2 N–H and O–H groups in total. The van der Waals surface area contributed by atoms with Gasteiger partial charge in [-0.3, -0.25) is 10.1 Å². The number of rotatable bonds is 3. The number of H-pyrrole nitrogens is 1. The van der Waals surface area contributed by atoms with Crippen LogP contribution in [-0.4, -0.2) is 30.6 Å². The summed E-state index contributed by atoms with van der Waals surface area (Å²) in [4.78, 5) is 26.4. The second kappa shape index (κ2) is 5.11. The van der Waals surface area contributed by atoms with Crippen LogP contribution in [0.15, 0.2) is 24.3 Å². The molecule has 0 unspecified atom stereocenters. The van der Waals surface area contributed by atoms with Crippen LogP contribution in [0.1, 0.15) is 10.5 Å². The van der Waals surface area contributed by atoms with Crippen LogP contribution in [0.25, 0.3) is 11.0 Å². The number of halogens is 1. The predicted octanol–water partition coefficient (Wildman–Crippen LogP) is 2.11. The monoisotopic (exact) mass is 320 g/mol. The maximum Gasteiger partial charge on any atom is 0.362 e. The second-order valence-corrected chi connectivity index (χ2v) is 4.81. The molecule has 0 bridgehead atoms. The zero-order valence-corrected chi connectivity index (χ0v) is 12.0. The molecule has 3 aromatic rings. The fraction of sp³-hybridized carbons (Fsp3) is 0.0833. The molecular formula is C12H9ClN6O3. The van der Waals surface area contributed by atoms with E-state index in [1.165, 1.54) is 0 Å². The Hall–Kier alpha value is -2.94. The Kier molecular flexibility index (Phi) is 3.26. The molecule has 0 aliphatic carbocycles. The van der Waals surface area contributed by atoms with E-state index in [0.717, 1.165) is 5.52 Å². The van der Waals surface area contributed by atoms with E-state index < -0.39 is 16.6 Å². The smallest absolute Gasteiger partial charge is 0.358 e. The maximum absolute atomic E-state index is 12.1. The summed E-state index contributed by atoms with van der Waals surface area (Å²) in [5.74, 6) is -0.933.